The standard InChI is InChI=1S/C58H38N2/c1-4-19-40(20-5-1)56-49-27-13-12-26-46(49)47-37-35-43(38-51(47)57(56)41-21-6-2-7-22-41)60(52-31-16-29-45-44-25-11-10-18-39(44)34-36-48(45)52)55-33-17-32-54-58(55)50-28-14-15-30-53(50)59(54)42-23-8-3-9-24-42/h1-38H. The molecular weight excluding hydrogens is 725 g/mol. The molecule has 11 aromatic carbocycles. The van der Waals surface area contributed by atoms with E-state index < -0.39 is 0 Å². The van der Waals surface area contributed by atoms with E-state index in [-0.39, 0.29) is 0 Å². The minimum Gasteiger partial charge on any atom is -0.309 e. The second-order valence-electron chi connectivity index (χ2n) is 15.6. The first-order valence-corrected chi connectivity index (χ1v) is 20.7. The maximum atomic E-state index is 2.52. The highest BCUT2D eigenvalue weighted by Crippen LogP contribution is 2.50. The molecule has 0 atom stereocenters. The van der Waals surface area contributed by atoms with Crippen molar-refractivity contribution in [2.45, 2.75) is 0 Å². The van der Waals surface area contributed by atoms with Crippen LogP contribution in [0, 0.1) is 0 Å². The fraction of sp³-hybridized carbons (Fsp3) is 0. The molecule has 2 nitrogen and oxygen atoms in total. The number of hydrogen-bond donors (Lipinski definition) is 0. The second-order valence-corrected chi connectivity index (χ2v) is 15.6. The van der Waals surface area contributed by atoms with Crippen LogP contribution in [0.3, 0.4) is 0 Å². The van der Waals surface area contributed by atoms with Crippen LogP contribution in [0.15, 0.2) is 231 Å². The summed E-state index contributed by atoms with van der Waals surface area (Å²) in [7, 11) is 0. The highest BCUT2D eigenvalue weighted by molar-refractivity contribution is 6.23. The van der Waals surface area contributed by atoms with Crippen molar-refractivity contribution in [1.29, 1.82) is 0 Å². The Morgan fingerprint density at radius 1 is 0.300 bits per heavy atom. The number of aromatic nitrogens is 1. The monoisotopic (exact) mass is 762 g/mol. The summed E-state index contributed by atoms with van der Waals surface area (Å²) in [5.74, 6) is 0. The lowest BCUT2D eigenvalue weighted by Gasteiger charge is -2.29. The highest BCUT2D eigenvalue weighted by Gasteiger charge is 2.24. The fourth-order valence-corrected chi connectivity index (χ4v) is 9.80. The first kappa shape index (κ1) is 34.1. The van der Waals surface area contributed by atoms with Crippen molar-refractivity contribution in [1.82, 2.24) is 4.57 Å². The third-order valence-corrected chi connectivity index (χ3v) is 12.3. The number of nitrogens with zero attached hydrogens (tertiary/aromatic N) is 2. The van der Waals surface area contributed by atoms with Gasteiger partial charge in [0.05, 0.1) is 22.4 Å². The molecule has 0 fully saturated rings. The largest absolute Gasteiger partial charge is 0.309 e. The van der Waals surface area contributed by atoms with Crippen molar-refractivity contribution in [2.75, 3.05) is 4.90 Å². The Kier molecular flexibility index (Phi) is 7.89. The molecule has 280 valence electrons. The molecule has 2 heteroatoms. The summed E-state index contributed by atoms with van der Waals surface area (Å²) in [6.07, 6.45) is 0. The quantitative estimate of drug-likeness (QED) is 0.153. The Labute approximate surface area is 348 Å². The van der Waals surface area contributed by atoms with E-state index in [0.29, 0.717) is 0 Å². The van der Waals surface area contributed by atoms with Gasteiger partial charge < -0.3 is 9.47 Å². The molecule has 0 unspecified atom stereocenters. The average molecular weight is 763 g/mol. The third-order valence-electron chi connectivity index (χ3n) is 12.3. The summed E-state index contributed by atoms with van der Waals surface area (Å²) in [6, 6.07) is 84.4. The van der Waals surface area contributed by atoms with Crippen LogP contribution in [-0.4, -0.2) is 4.57 Å². The lowest BCUT2D eigenvalue weighted by atomic mass is 9.85. The highest BCUT2D eigenvalue weighted by atomic mass is 15.1. The maximum Gasteiger partial charge on any atom is 0.0562 e. The predicted octanol–water partition coefficient (Wildman–Crippen LogP) is 16.2. The van der Waals surface area contributed by atoms with Crippen LogP contribution >= 0.6 is 0 Å². The minimum absolute atomic E-state index is 1.10. The van der Waals surface area contributed by atoms with Crippen LogP contribution in [0.25, 0.3) is 92.8 Å². The first-order valence-electron chi connectivity index (χ1n) is 20.7. The van der Waals surface area contributed by atoms with E-state index in [9.17, 15) is 0 Å². The minimum atomic E-state index is 1.10. The zero-order valence-corrected chi connectivity index (χ0v) is 32.8. The number of benzene rings is 11. The molecular formula is C58H38N2. The van der Waals surface area contributed by atoms with Gasteiger partial charge in [-0.25, -0.2) is 0 Å². The van der Waals surface area contributed by atoms with Crippen molar-refractivity contribution >= 4 is 82.0 Å². The van der Waals surface area contributed by atoms with Gasteiger partial charge in [0, 0.05) is 27.5 Å². The van der Waals surface area contributed by atoms with Gasteiger partial charge in [-0.05, 0) is 108 Å². The summed E-state index contributed by atoms with van der Waals surface area (Å²) in [5, 5.41) is 12.3. The summed E-state index contributed by atoms with van der Waals surface area (Å²) >= 11 is 0. The smallest absolute Gasteiger partial charge is 0.0562 e. The number of rotatable bonds is 6. The Bertz CT molecular complexity index is 3590. The Balaban J connectivity index is 1.23. The maximum absolute atomic E-state index is 2.52. The Morgan fingerprint density at radius 2 is 0.817 bits per heavy atom. The molecule has 0 aliphatic heterocycles. The van der Waals surface area contributed by atoms with Crippen molar-refractivity contribution in [3.05, 3.63) is 231 Å². The molecule has 0 saturated heterocycles. The van der Waals surface area contributed by atoms with Gasteiger partial charge in [0.25, 0.3) is 0 Å². The molecule has 1 aromatic heterocycles. The molecule has 0 aliphatic carbocycles. The normalized spacial score (nSPS) is 11.7. The van der Waals surface area contributed by atoms with Crippen molar-refractivity contribution < 1.29 is 0 Å². The molecule has 60 heavy (non-hydrogen) atoms. The third kappa shape index (κ3) is 5.28. The molecule has 0 aliphatic rings. The zero-order chi connectivity index (χ0) is 39.6. The van der Waals surface area contributed by atoms with Crippen molar-refractivity contribution in [3.8, 4) is 27.9 Å². The molecule has 0 N–H and O–H groups in total. The molecule has 0 bridgehead atoms. The summed E-state index contributed by atoms with van der Waals surface area (Å²) in [4.78, 5) is 2.52. The predicted molar refractivity (Wildman–Crippen MR) is 256 cm³/mol. The SMILES string of the molecule is c1ccc(-c2c(-c3ccccc3)c3cc(N(c4cccc5c4ccc4ccccc45)c4cccc5c4c4ccccc4n5-c4ccccc4)ccc3c3ccccc23)cc1. The van der Waals surface area contributed by atoms with Crippen LogP contribution in [0.5, 0.6) is 0 Å². The number of anilines is 3. The lowest BCUT2D eigenvalue weighted by Crippen LogP contribution is -2.11. The molecule has 1 heterocycles. The van der Waals surface area contributed by atoms with Crippen molar-refractivity contribution in [3.63, 3.8) is 0 Å². The number of para-hydroxylation sites is 2. The van der Waals surface area contributed by atoms with Gasteiger partial charge in [0.2, 0.25) is 0 Å². The Hall–Kier alpha value is -7.94. The van der Waals surface area contributed by atoms with E-state index in [4.69, 9.17) is 0 Å². The van der Waals surface area contributed by atoms with Crippen LogP contribution in [-0.2, 0) is 0 Å². The molecule has 0 radical (unpaired) electrons. The van der Waals surface area contributed by atoms with Crippen LogP contribution in [0.2, 0.25) is 0 Å². The van der Waals surface area contributed by atoms with Crippen LogP contribution in [0.1, 0.15) is 0 Å². The average Bonchev–Trinajstić information content (AvgIpc) is 3.67. The van der Waals surface area contributed by atoms with E-state index in [1.807, 2.05) is 0 Å². The van der Waals surface area contributed by atoms with Gasteiger partial charge in [0.1, 0.15) is 0 Å². The van der Waals surface area contributed by atoms with Crippen LogP contribution in [0.4, 0.5) is 17.1 Å². The van der Waals surface area contributed by atoms with Gasteiger partial charge in [-0.15, -0.1) is 0 Å². The van der Waals surface area contributed by atoms with Gasteiger partial charge in [0.15, 0.2) is 0 Å². The van der Waals surface area contributed by atoms with Gasteiger partial charge >= 0.3 is 0 Å². The molecule has 12 rings (SSSR count). The molecule has 12 aromatic rings. The van der Waals surface area contributed by atoms with E-state index in [1.54, 1.807) is 0 Å². The van der Waals surface area contributed by atoms with Crippen LogP contribution < -0.4 is 4.90 Å². The second kappa shape index (κ2) is 13.9. The molecule has 0 saturated carbocycles. The van der Waals surface area contributed by atoms with E-state index in [1.165, 1.54) is 87.1 Å². The topological polar surface area (TPSA) is 8.17 Å². The lowest BCUT2D eigenvalue weighted by molar-refractivity contribution is 1.18. The molecule has 0 spiro atoms. The van der Waals surface area contributed by atoms with Gasteiger partial charge in [-0.1, -0.05) is 182 Å². The first-order chi connectivity index (χ1) is 29.8. The summed E-state index contributed by atoms with van der Waals surface area (Å²) in [5.41, 5.74) is 11.7. The molecule has 0 amide bonds. The van der Waals surface area contributed by atoms with E-state index >= 15 is 0 Å². The Morgan fingerprint density at radius 3 is 1.58 bits per heavy atom. The number of fused-ring (bicyclic) bond motifs is 9. The summed E-state index contributed by atoms with van der Waals surface area (Å²) in [6.45, 7) is 0. The van der Waals surface area contributed by atoms with Crippen molar-refractivity contribution in [2.24, 2.45) is 0 Å². The van der Waals surface area contributed by atoms with Gasteiger partial charge in [-0.3, -0.25) is 0 Å². The zero-order valence-electron chi connectivity index (χ0n) is 32.8. The number of hydrogen-bond acceptors (Lipinski definition) is 1. The van der Waals surface area contributed by atoms with E-state index in [0.717, 1.165) is 22.7 Å². The fourth-order valence-electron chi connectivity index (χ4n) is 9.80. The van der Waals surface area contributed by atoms with E-state index in [2.05, 4.69) is 240 Å². The van der Waals surface area contributed by atoms with Gasteiger partial charge in [-0.2, -0.15) is 0 Å². The summed E-state index contributed by atoms with van der Waals surface area (Å²) < 4.78 is 2.41.